The van der Waals surface area contributed by atoms with E-state index in [0.29, 0.717) is 12.0 Å². The Morgan fingerprint density at radius 3 is 2.59 bits per heavy atom. The summed E-state index contributed by atoms with van der Waals surface area (Å²) in [6.45, 7) is 1.93. The minimum atomic E-state index is -0.135. The molecule has 0 aromatic carbocycles. The maximum Gasteiger partial charge on any atom is 0.222 e. The summed E-state index contributed by atoms with van der Waals surface area (Å²) in [6.07, 6.45) is 3.52. The molecule has 17 heavy (non-hydrogen) atoms. The highest BCUT2D eigenvalue weighted by molar-refractivity contribution is 14.1. The van der Waals surface area contributed by atoms with E-state index >= 15 is 0 Å². The van der Waals surface area contributed by atoms with E-state index in [-0.39, 0.29) is 6.10 Å². The van der Waals surface area contributed by atoms with Gasteiger partial charge in [-0.2, -0.15) is 4.98 Å². The van der Waals surface area contributed by atoms with Crippen LogP contribution in [-0.2, 0) is 0 Å². The van der Waals surface area contributed by atoms with Crippen LogP contribution in [0.1, 0.15) is 31.4 Å². The van der Waals surface area contributed by atoms with Gasteiger partial charge in [0.05, 0.1) is 15.4 Å². The molecular formula is C11H17IN4O. The Kier molecular flexibility index (Phi) is 4.03. The van der Waals surface area contributed by atoms with Crippen LogP contribution in [0.15, 0.2) is 0 Å². The second-order valence-electron chi connectivity index (χ2n) is 4.48. The van der Waals surface area contributed by atoms with E-state index < -0.39 is 0 Å². The zero-order chi connectivity index (χ0) is 12.4. The standard InChI is InChI=1S/C11H17IN4O/c1-6-9(12)10(16-11(13)14-6)15-7-2-4-8(17)5-3-7/h7-8,17H,2-5H2,1H3,(H3,13,14,15,16). The van der Waals surface area contributed by atoms with Crippen molar-refractivity contribution in [1.82, 2.24) is 9.97 Å². The van der Waals surface area contributed by atoms with Crippen molar-refractivity contribution in [2.24, 2.45) is 0 Å². The third-order valence-corrected chi connectivity index (χ3v) is 4.36. The van der Waals surface area contributed by atoms with Crippen molar-refractivity contribution in [3.8, 4) is 0 Å². The maximum atomic E-state index is 9.46. The van der Waals surface area contributed by atoms with Crippen molar-refractivity contribution in [3.05, 3.63) is 9.26 Å². The van der Waals surface area contributed by atoms with Gasteiger partial charge in [-0.3, -0.25) is 0 Å². The molecule has 0 radical (unpaired) electrons. The molecule has 0 bridgehead atoms. The monoisotopic (exact) mass is 348 g/mol. The number of nitrogens with two attached hydrogens (primary N) is 1. The molecule has 94 valence electrons. The van der Waals surface area contributed by atoms with E-state index in [1.807, 2.05) is 6.92 Å². The first kappa shape index (κ1) is 12.8. The molecule has 0 aliphatic heterocycles. The lowest BCUT2D eigenvalue weighted by Gasteiger charge is -2.27. The lowest BCUT2D eigenvalue weighted by atomic mass is 9.93. The van der Waals surface area contributed by atoms with Crippen LogP contribution in [0, 0.1) is 10.5 Å². The van der Waals surface area contributed by atoms with Gasteiger partial charge >= 0.3 is 0 Å². The van der Waals surface area contributed by atoms with Gasteiger partial charge in [0.25, 0.3) is 0 Å². The number of halogens is 1. The first-order valence-corrected chi connectivity index (χ1v) is 6.88. The van der Waals surface area contributed by atoms with Crippen LogP contribution < -0.4 is 11.1 Å². The van der Waals surface area contributed by atoms with Crippen LogP contribution in [0.3, 0.4) is 0 Å². The van der Waals surface area contributed by atoms with E-state index in [1.54, 1.807) is 0 Å². The molecule has 0 saturated heterocycles. The molecule has 1 saturated carbocycles. The Labute approximate surface area is 114 Å². The topological polar surface area (TPSA) is 84.1 Å². The van der Waals surface area contributed by atoms with Crippen LogP contribution in [0.25, 0.3) is 0 Å². The number of aliphatic hydroxyl groups excluding tert-OH is 1. The predicted octanol–water partition coefficient (Wildman–Crippen LogP) is 1.69. The molecule has 2 rings (SSSR count). The average Bonchev–Trinajstić information content (AvgIpc) is 2.28. The fourth-order valence-electron chi connectivity index (χ4n) is 2.09. The molecule has 0 spiro atoms. The van der Waals surface area contributed by atoms with Gasteiger partial charge in [-0.05, 0) is 55.2 Å². The quantitative estimate of drug-likeness (QED) is 0.709. The molecule has 0 unspecified atom stereocenters. The maximum absolute atomic E-state index is 9.46. The van der Waals surface area contributed by atoms with Crippen LogP contribution in [0.2, 0.25) is 0 Å². The minimum Gasteiger partial charge on any atom is -0.393 e. The van der Waals surface area contributed by atoms with Gasteiger partial charge in [0.15, 0.2) is 0 Å². The van der Waals surface area contributed by atoms with E-state index in [9.17, 15) is 5.11 Å². The second-order valence-corrected chi connectivity index (χ2v) is 5.56. The number of rotatable bonds is 2. The average molecular weight is 348 g/mol. The number of aliphatic hydroxyl groups is 1. The molecule has 0 atom stereocenters. The summed E-state index contributed by atoms with van der Waals surface area (Å²) in [5, 5.41) is 12.9. The Morgan fingerprint density at radius 2 is 1.94 bits per heavy atom. The molecular weight excluding hydrogens is 331 g/mol. The molecule has 6 heteroatoms. The SMILES string of the molecule is Cc1nc(N)nc(NC2CCC(O)CC2)c1I. The molecule has 1 heterocycles. The number of nitrogens with zero attached hydrogens (tertiary/aromatic N) is 2. The first-order chi connectivity index (χ1) is 8.06. The third-order valence-electron chi connectivity index (χ3n) is 3.07. The Morgan fingerprint density at radius 1 is 1.29 bits per heavy atom. The fourth-order valence-corrected chi connectivity index (χ4v) is 2.49. The summed E-state index contributed by atoms with van der Waals surface area (Å²) < 4.78 is 1.02. The van der Waals surface area contributed by atoms with E-state index in [2.05, 4.69) is 37.9 Å². The van der Waals surface area contributed by atoms with Crippen molar-refractivity contribution < 1.29 is 5.11 Å². The van der Waals surface area contributed by atoms with Gasteiger partial charge in [-0.1, -0.05) is 0 Å². The van der Waals surface area contributed by atoms with Gasteiger partial charge in [0.2, 0.25) is 5.95 Å². The summed E-state index contributed by atoms with van der Waals surface area (Å²) in [4.78, 5) is 8.35. The number of hydrogen-bond acceptors (Lipinski definition) is 5. The lowest BCUT2D eigenvalue weighted by Crippen LogP contribution is -2.29. The fraction of sp³-hybridized carbons (Fsp3) is 0.636. The summed E-state index contributed by atoms with van der Waals surface area (Å²) >= 11 is 2.23. The zero-order valence-electron chi connectivity index (χ0n) is 9.78. The number of anilines is 2. The summed E-state index contributed by atoms with van der Waals surface area (Å²) in [5.41, 5.74) is 6.55. The van der Waals surface area contributed by atoms with Gasteiger partial charge in [0.1, 0.15) is 5.82 Å². The van der Waals surface area contributed by atoms with E-state index in [4.69, 9.17) is 5.73 Å². The number of nitrogens with one attached hydrogen (secondary N) is 1. The van der Waals surface area contributed by atoms with Crippen molar-refractivity contribution in [1.29, 1.82) is 0 Å². The van der Waals surface area contributed by atoms with Gasteiger partial charge in [0, 0.05) is 6.04 Å². The van der Waals surface area contributed by atoms with Gasteiger partial charge in [-0.25, -0.2) is 4.98 Å². The van der Waals surface area contributed by atoms with E-state index in [1.165, 1.54) is 0 Å². The number of nitrogen functional groups attached to an aromatic ring is 1. The molecule has 1 aliphatic carbocycles. The Bertz CT molecular complexity index is 405. The molecule has 1 aromatic heterocycles. The number of aromatic nitrogens is 2. The van der Waals surface area contributed by atoms with Crippen molar-refractivity contribution in [3.63, 3.8) is 0 Å². The molecule has 5 nitrogen and oxygen atoms in total. The number of hydrogen-bond donors (Lipinski definition) is 3. The molecule has 1 aliphatic rings. The number of aryl methyl sites for hydroxylation is 1. The smallest absolute Gasteiger partial charge is 0.222 e. The molecule has 4 N–H and O–H groups in total. The summed E-state index contributed by atoms with van der Waals surface area (Å²) in [7, 11) is 0. The highest BCUT2D eigenvalue weighted by Crippen LogP contribution is 2.25. The molecule has 1 aromatic rings. The van der Waals surface area contributed by atoms with Crippen molar-refractivity contribution >= 4 is 34.4 Å². The predicted molar refractivity (Wildman–Crippen MR) is 75.8 cm³/mol. The Hall–Kier alpha value is -0.630. The second kappa shape index (κ2) is 5.34. The minimum absolute atomic E-state index is 0.135. The third kappa shape index (κ3) is 3.19. The van der Waals surface area contributed by atoms with E-state index in [0.717, 1.165) is 40.8 Å². The Balaban J connectivity index is 2.08. The van der Waals surface area contributed by atoms with Crippen LogP contribution in [0.4, 0.5) is 11.8 Å². The highest BCUT2D eigenvalue weighted by atomic mass is 127. The zero-order valence-corrected chi connectivity index (χ0v) is 11.9. The molecule has 0 amide bonds. The van der Waals surface area contributed by atoms with Crippen molar-refractivity contribution in [2.75, 3.05) is 11.1 Å². The van der Waals surface area contributed by atoms with Gasteiger partial charge in [-0.15, -0.1) is 0 Å². The van der Waals surface area contributed by atoms with Crippen LogP contribution in [-0.4, -0.2) is 27.2 Å². The summed E-state index contributed by atoms with van der Waals surface area (Å²) in [5.74, 6) is 1.12. The highest BCUT2D eigenvalue weighted by Gasteiger charge is 2.20. The van der Waals surface area contributed by atoms with Crippen LogP contribution >= 0.6 is 22.6 Å². The van der Waals surface area contributed by atoms with Crippen molar-refractivity contribution in [2.45, 2.75) is 44.8 Å². The largest absolute Gasteiger partial charge is 0.393 e. The molecule has 1 fully saturated rings. The normalized spacial score (nSPS) is 24.6. The summed E-state index contributed by atoms with van der Waals surface area (Å²) in [6, 6.07) is 0.376. The first-order valence-electron chi connectivity index (χ1n) is 5.80. The van der Waals surface area contributed by atoms with Crippen LogP contribution in [0.5, 0.6) is 0 Å². The van der Waals surface area contributed by atoms with Gasteiger partial charge < -0.3 is 16.2 Å². The lowest BCUT2D eigenvalue weighted by molar-refractivity contribution is 0.126.